The van der Waals surface area contributed by atoms with Gasteiger partial charge in [0.05, 0.1) is 5.69 Å². The summed E-state index contributed by atoms with van der Waals surface area (Å²) in [4.78, 5) is 3.36. The van der Waals surface area contributed by atoms with Crippen LogP contribution in [-0.2, 0) is 0 Å². The first-order valence-electron chi connectivity index (χ1n) is 5.63. The summed E-state index contributed by atoms with van der Waals surface area (Å²) in [6, 6.07) is 15.6. The van der Waals surface area contributed by atoms with E-state index < -0.39 is 0 Å². The van der Waals surface area contributed by atoms with Gasteiger partial charge >= 0.3 is 0 Å². The largest absolute Gasteiger partial charge is 0.507 e. The van der Waals surface area contributed by atoms with Crippen molar-refractivity contribution in [3.05, 3.63) is 54.1 Å². The van der Waals surface area contributed by atoms with E-state index in [4.69, 9.17) is 0 Å². The molecule has 3 aromatic rings. The maximum absolute atomic E-state index is 9.89. The topological polar surface area (TPSA) is 36.0 Å². The van der Waals surface area contributed by atoms with Gasteiger partial charge in [-0.3, -0.25) is 0 Å². The van der Waals surface area contributed by atoms with Crippen LogP contribution in [0.5, 0.6) is 5.75 Å². The number of hydrogen-bond donors (Lipinski definition) is 2. The normalized spacial score (nSPS) is 10.9. The van der Waals surface area contributed by atoms with Gasteiger partial charge in [0, 0.05) is 16.5 Å². The second-order valence-corrected chi connectivity index (χ2v) is 4.19. The number of aromatic nitrogens is 1. The highest BCUT2D eigenvalue weighted by molar-refractivity contribution is 5.91. The number of phenols is 1. The van der Waals surface area contributed by atoms with Crippen LogP contribution < -0.4 is 0 Å². The number of phenolic OH excluding ortho intramolecular Hbond substituents is 1. The summed E-state index contributed by atoms with van der Waals surface area (Å²) in [5.74, 6) is 0.308. The first-order valence-corrected chi connectivity index (χ1v) is 5.63. The van der Waals surface area contributed by atoms with Crippen molar-refractivity contribution in [2.75, 3.05) is 0 Å². The third-order valence-electron chi connectivity index (χ3n) is 3.14. The number of aromatic amines is 1. The fourth-order valence-corrected chi connectivity index (χ4v) is 2.24. The molecule has 0 spiro atoms. The Labute approximate surface area is 99.5 Å². The fourth-order valence-electron chi connectivity index (χ4n) is 2.24. The molecule has 1 aromatic heterocycles. The second kappa shape index (κ2) is 3.67. The number of aryl methyl sites for hydroxylation is 1. The maximum Gasteiger partial charge on any atom is 0.124 e. The van der Waals surface area contributed by atoms with Gasteiger partial charge in [-0.1, -0.05) is 30.3 Å². The third-order valence-corrected chi connectivity index (χ3v) is 3.14. The minimum atomic E-state index is 0.308. The van der Waals surface area contributed by atoms with Crippen molar-refractivity contribution in [2.24, 2.45) is 0 Å². The predicted molar refractivity (Wildman–Crippen MR) is 70.1 cm³/mol. The van der Waals surface area contributed by atoms with Gasteiger partial charge in [-0.25, -0.2) is 0 Å². The van der Waals surface area contributed by atoms with Crippen LogP contribution in [-0.4, -0.2) is 10.1 Å². The zero-order chi connectivity index (χ0) is 11.8. The van der Waals surface area contributed by atoms with Crippen LogP contribution in [0.15, 0.2) is 48.5 Å². The molecule has 3 rings (SSSR count). The van der Waals surface area contributed by atoms with Crippen molar-refractivity contribution in [1.82, 2.24) is 4.98 Å². The van der Waals surface area contributed by atoms with Gasteiger partial charge in [0.15, 0.2) is 0 Å². The standard InChI is InChI=1S/C15H13NO/c1-10-11-6-2-4-8-13(11)16-15(10)12-7-3-5-9-14(12)17/h2-9,16-17H,1H3. The number of para-hydroxylation sites is 2. The summed E-state index contributed by atoms with van der Waals surface area (Å²) >= 11 is 0. The van der Waals surface area contributed by atoms with Crippen LogP contribution in [0.2, 0.25) is 0 Å². The number of aromatic hydroxyl groups is 1. The molecule has 2 nitrogen and oxygen atoms in total. The number of benzene rings is 2. The highest BCUT2D eigenvalue weighted by Crippen LogP contribution is 2.34. The molecule has 17 heavy (non-hydrogen) atoms. The molecule has 0 saturated heterocycles. The average Bonchev–Trinajstić information content (AvgIpc) is 2.68. The van der Waals surface area contributed by atoms with Crippen molar-refractivity contribution in [2.45, 2.75) is 6.92 Å². The Hall–Kier alpha value is -2.22. The predicted octanol–water partition coefficient (Wildman–Crippen LogP) is 3.85. The van der Waals surface area contributed by atoms with E-state index in [1.807, 2.05) is 36.4 Å². The summed E-state index contributed by atoms with van der Waals surface area (Å²) in [7, 11) is 0. The van der Waals surface area contributed by atoms with Crippen molar-refractivity contribution in [3.63, 3.8) is 0 Å². The van der Waals surface area contributed by atoms with Crippen LogP contribution in [0.1, 0.15) is 5.56 Å². The monoisotopic (exact) mass is 223 g/mol. The molecule has 0 radical (unpaired) electrons. The smallest absolute Gasteiger partial charge is 0.124 e. The molecule has 1 heterocycles. The lowest BCUT2D eigenvalue weighted by molar-refractivity contribution is 0.477. The summed E-state index contributed by atoms with van der Waals surface area (Å²) in [6.07, 6.45) is 0. The molecule has 0 aliphatic carbocycles. The molecule has 0 atom stereocenters. The van der Waals surface area contributed by atoms with Crippen molar-refractivity contribution < 1.29 is 5.11 Å². The van der Waals surface area contributed by atoms with Crippen LogP contribution >= 0.6 is 0 Å². The van der Waals surface area contributed by atoms with Gasteiger partial charge in [-0.05, 0) is 30.7 Å². The van der Waals surface area contributed by atoms with E-state index in [1.165, 1.54) is 10.9 Å². The van der Waals surface area contributed by atoms with Crippen LogP contribution in [0.25, 0.3) is 22.2 Å². The minimum Gasteiger partial charge on any atom is -0.507 e. The van der Waals surface area contributed by atoms with Crippen LogP contribution in [0.3, 0.4) is 0 Å². The zero-order valence-corrected chi connectivity index (χ0v) is 9.57. The molecule has 84 valence electrons. The lowest BCUT2D eigenvalue weighted by Crippen LogP contribution is -1.81. The summed E-state index contributed by atoms with van der Waals surface area (Å²) in [5, 5.41) is 11.1. The Balaban J connectivity index is 2.32. The zero-order valence-electron chi connectivity index (χ0n) is 9.57. The first kappa shape index (κ1) is 9.97. The number of H-pyrrole nitrogens is 1. The first-order chi connectivity index (χ1) is 8.27. The van der Waals surface area contributed by atoms with Gasteiger partial charge in [-0.2, -0.15) is 0 Å². The Morgan fingerprint density at radius 2 is 1.65 bits per heavy atom. The van der Waals surface area contributed by atoms with Crippen molar-refractivity contribution in [1.29, 1.82) is 0 Å². The third kappa shape index (κ3) is 1.49. The molecular formula is C15H13NO. The van der Waals surface area contributed by atoms with Crippen molar-refractivity contribution in [3.8, 4) is 17.0 Å². The number of nitrogens with one attached hydrogen (secondary N) is 1. The SMILES string of the molecule is Cc1c(-c2ccccc2O)[nH]c2ccccc12. The summed E-state index contributed by atoms with van der Waals surface area (Å²) < 4.78 is 0. The van der Waals surface area contributed by atoms with Crippen molar-refractivity contribution >= 4 is 10.9 Å². The van der Waals surface area contributed by atoms with E-state index in [0.29, 0.717) is 5.75 Å². The minimum absolute atomic E-state index is 0.308. The molecule has 0 amide bonds. The molecule has 0 saturated carbocycles. The molecular weight excluding hydrogens is 210 g/mol. The highest BCUT2D eigenvalue weighted by Gasteiger charge is 2.11. The molecule has 0 aliphatic heterocycles. The molecule has 0 unspecified atom stereocenters. The molecule has 2 heteroatoms. The molecule has 0 aliphatic rings. The van der Waals surface area contributed by atoms with Crippen LogP contribution in [0, 0.1) is 6.92 Å². The van der Waals surface area contributed by atoms with E-state index in [2.05, 4.69) is 18.0 Å². The fraction of sp³-hybridized carbons (Fsp3) is 0.0667. The Kier molecular flexibility index (Phi) is 2.15. The lowest BCUT2D eigenvalue weighted by Gasteiger charge is -2.03. The molecule has 2 N–H and O–H groups in total. The lowest BCUT2D eigenvalue weighted by atomic mass is 10.1. The van der Waals surface area contributed by atoms with Crippen LogP contribution in [0.4, 0.5) is 0 Å². The Bertz CT molecular complexity index is 682. The summed E-state index contributed by atoms with van der Waals surface area (Å²) in [6.45, 7) is 2.07. The van der Waals surface area contributed by atoms with Gasteiger partial charge in [-0.15, -0.1) is 0 Å². The highest BCUT2D eigenvalue weighted by atomic mass is 16.3. The van der Waals surface area contributed by atoms with E-state index in [0.717, 1.165) is 16.8 Å². The van der Waals surface area contributed by atoms with E-state index in [-0.39, 0.29) is 0 Å². The van der Waals surface area contributed by atoms with E-state index >= 15 is 0 Å². The van der Waals surface area contributed by atoms with E-state index in [9.17, 15) is 5.11 Å². The quantitative estimate of drug-likeness (QED) is 0.645. The van der Waals surface area contributed by atoms with Gasteiger partial charge in [0.2, 0.25) is 0 Å². The maximum atomic E-state index is 9.89. The molecule has 0 bridgehead atoms. The summed E-state index contributed by atoms with van der Waals surface area (Å²) in [5.41, 5.74) is 4.11. The Morgan fingerprint density at radius 1 is 0.941 bits per heavy atom. The van der Waals surface area contributed by atoms with Gasteiger partial charge < -0.3 is 10.1 Å². The number of hydrogen-bond acceptors (Lipinski definition) is 1. The molecule has 2 aromatic carbocycles. The van der Waals surface area contributed by atoms with Gasteiger partial charge in [0.1, 0.15) is 5.75 Å². The Morgan fingerprint density at radius 3 is 2.41 bits per heavy atom. The number of fused-ring (bicyclic) bond motifs is 1. The average molecular weight is 223 g/mol. The van der Waals surface area contributed by atoms with Gasteiger partial charge in [0.25, 0.3) is 0 Å². The molecule has 0 fully saturated rings. The van der Waals surface area contributed by atoms with E-state index in [1.54, 1.807) is 6.07 Å². The number of rotatable bonds is 1. The second-order valence-electron chi connectivity index (χ2n) is 4.19.